The van der Waals surface area contributed by atoms with Crippen LogP contribution in [0, 0.1) is 5.82 Å². The van der Waals surface area contributed by atoms with Gasteiger partial charge in [-0.1, -0.05) is 17.8 Å². The molecule has 110 valence electrons. The molecule has 0 bridgehead atoms. The highest BCUT2D eigenvalue weighted by Crippen LogP contribution is 2.18. The molecule has 0 spiro atoms. The number of carboxylic acids is 1. The lowest BCUT2D eigenvalue weighted by Gasteiger charge is -2.05. The van der Waals surface area contributed by atoms with Crippen LogP contribution in [0.25, 0.3) is 0 Å². The van der Waals surface area contributed by atoms with Crippen LogP contribution >= 0.6 is 11.5 Å². The summed E-state index contributed by atoms with van der Waals surface area (Å²) in [5.74, 6) is -2.70. The zero-order valence-corrected chi connectivity index (χ0v) is 11.9. The maximum absolute atomic E-state index is 13.5. The van der Waals surface area contributed by atoms with Gasteiger partial charge >= 0.3 is 5.97 Å². The molecule has 0 aliphatic rings. The van der Waals surface area contributed by atoms with Crippen molar-refractivity contribution in [2.45, 2.75) is 19.8 Å². The Morgan fingerprint density at radius 3 is 2.81 bits per heavy atom. The number of benzene rings is 1. The molecule has 0 saturated carbocycles. The molecule has 0 unspecified atom stereocenters. The Kier molecular flexibility index (Phi) is 4.59. The Labute approximate surface area is 123 Å². The van der Waals surface area contributed by atoms with Crippen LogP contribution in [0.4, 0.5) is 10.1 Å². The predicted molar refractivity (Wildman–Crippen MR) is 75.2 cm³/mol. The van der Waals surface area contributed by atoms with Gasteiger partial charge in [0.05, 0.1) is 11.3 Å². The summed E-state index contributed by atoms with van der Waals surface area (Å²) in [6.45, 7) is 1.96. The lowest BCUT2D eigenvalue weighted by Crippen LogP contribution is -2.13. The summed E-state index contributed by atoms with van der Waals surface area (Å²) in [4.78, 5) is 23.2. The van der Waals surface area contributed by atoms with Crippen molar-refractivity contribution in [2.75, 3.05) is 5.32 Å². The zero-order valence-electron chi connectivity index (χ0n) is 11.1. The second kappa shape index (κ2) is 6.40. The standard InChI is InChI=1S/C13H12FN3O3S/c1-2-3-10-11(21-17-16-10)12(18)15-7-4-5-8(13(19)20)9(14)6-7/h4-6H,2-3H2,1H3,(H,15,18)(H,19,20). The average molecular weight is 309 g/mol. The molecule has 1 heterocycles. The van der Waals surface area contributed by atoms with Gasteiger partial charge < -0.3 is 10.4 Å². The summed E-state index contributed by atoms with van der Waals surface area (Å²) < 4.78 is 17.3. The first-order chi connectivity index (χ1) is 10.0. The molecule has 21 heavy (non-hydrogen) atoms. The fourth-order valence-corrected chi connectivity index (χ4v) is 2.34. The smallest absolute Gasteiger partial charge is 0.338 e. The summed E-state index contributed by atoms with van der Waals surface area (Å²) in [7, 11) is 0. The summed E-state index contributed by atoms with van der Waals surface area (Å²) in [5, 5.41) is 15.1. The Morgan fingerprint density at radius 2 is 2.19 bits per heavy atom. The third-order valence-corrected chi connectivity index (χ3v) is 3.47. The number of aryl methyl sites for hydroxylation is 1. The van der Waals surface area contributed by atoms with Crippen molar-refractivity contribution in [1.82, 2.24) is 9.59 Å². The number of carboxylic acid groups (broad SMARTS) is 1. The van der Waals surface area contributed by atoms with E-state index in [1.807, 2.05) is 6.92 Å². The topological polar surface area (TPSA) is 92.2 Å². The van der Waals surface area contributed by atoms with Crippen LogP contribution in [0.2, 0.25) is 0 Å². The van der Waals surface area contributed by atoms with Gasteiger partial charge in [0, 0.05) is 5.69 Å². The first kappa shape index (κ1) is 15.0. The minimum Gasteiger partial charge on any atom is -0.478 e. The fraction of sp³-hybridized carbons (Fsp3) is 0.231. The zero-order chi connectivity index (χ0) is 15.4. The molecule has 6 nitrogen and oxygen atoms in total. The highest BCUT2D eigenvalue weighted by atomic mass is 32.1. The second-order valence-electron chi connectivity index (χ2n) is 4.25. The number of nitrogens with zero attached hydrogens (tertiary/aromatic N) is 2. The Hall–Kier alpha value is -2.35. The largest absolute Gasteiger partial charge is 0.478 e. The number of carbonyl (C=O) groups is 2. The van der Waals surface area contributed by atoms with E-state index in [2.05, 4.69) is 14.9 Å². The van der Waals surface area contributed by atoms with Crippen LogP contribution in [0.15, 0.2) is 18.2 Å². The van der Waals surface area contributed by atoms with Crippen molar-refractivity contribution in [3.05, 3.63) is 40.2 Å². The molecular formula is C13H12FN3O3S. The van der Waals surface area contributed by atoms with E-state index in [-0.39, 0.29) is 5.69 Å². The molecule has 0 fully saturated rings. The third kappa shape index (κ3) is 3.40. The number of aromatic nitrogens is 2. The van der Waals surface area contributed by atoms with Gasteiger partial charge in [-0.15, -0.1) is 5.10 Å². The van der Waals surface area contributed by atoms with E-state index in [0.717, 1.165) is 30.1 Å². The summed E-state index contributed by atoms with van der Waals surface area (Å²) >= 11 is 0.968. The minimum atomic E-state index is -1.36. The molecule has 0 aliphatic heterocycles. The molecule has 0 saturated heterocycles. The summed E-state index contributed by atoms with van der Waals surface area (Å²) in [6.07, 6.45) is 1.46. The number of nitrogens with one attached hydrogen (secondary N) is 1. The number of hydrogen-bond donors (Lipinski definition) is 2. The quantitative estimate of drug-likeness (QED) is 0.885. The number of amides is 1. The van der Waals surface area contributed by atoms with Crippen molar-refractivity contribution < 1.29 is 19.1 Å². The maximum Gasteiger partial charge on any atom is 0.338 e. The van der Waals surface area contributed by atoms with Crippen molar-refractivity contribution in [3.63, 3.8) is 0 Å². The van der Waals surface area contributed by atoms with Crippen LogP contribution in [0.5, 0.6) is 0 Å². The summed E-state index contributed by atoms with van der Waals surface area (Å²) in [5.41, 5.74) is 0.333. The molecule has 1 aromatic heterocycles. The molecular weight excluding hydrogens is 297 g/mol. The van der Waals surface area contributed by atoms with Crippen LogP contribution in [-0.2, 0) is 6.42 Å². The Morgan fingerprint density at radius 1 is 1.43 bits per heavy atom. The average Bonchev–Trinajstić information content (AvgIpc) is 2.87. The van der Waals surface area contributed by atoms with Crippen molar-refractivity contribution in [2.24, 2.45) is 0 Å². The van der Waals surface area contributed by atoms with Crippen LogP contribution in [0.3, 0.4) is 0 Å². The molecule has 2 rings (SSSR count). The van der Waals surface area contributed by atoms with Crippen molar-refractivity contribution >= 4 is 29.1 Å². The predicted octanol–water partition coefficient (Wildman–Crippen LogP) is 2.58. The van der Waals surface area contributed by atoms with Gasteiger partial charge in [-0.3, -0.25) is 4.79 Å². The Balaban J connectivity index is 2.18. The molecule has 1 amide bonds. The van der Waals surface area contributed by atoms with E-state index >= 15 is 0 Å². The van der Waals surface area contributed by atoms with Gasteiger partial charge in [-0.05, 0) is 36.2 Å². The first-order valence-corrected chi connectivity index (χ1v) is 6.95. The lowest BCUT2D eigenvalue weighted by molar-refractivity contribution is 0.0692. The van der Waals surface area contributed by atoms with E-state index in [9.17, 15) is 14.0 Å². The van der Waals surface area contributed by atoms with Crippen LogP contribution in [0.1, 0.15) is 39.1 Å². The SMILES string of the molecule is CCCc1nnsc1C(=O)Nc1ccc(C(=O)O)c(F)c1. The number of carbonyl (C=O) groups excluding carboxylic acids is 1. The van der Waals surface area contributed by atoms with Gasteiger partial charge in [0.1, 0.15) is 10.7 Å². The fourth-order valence-electron chi connectivity index (χ4n) is 1.74. The van der Waals surface area contributed by atoms with E-state index in [1.54, 1.807) is 0 Å². The van der Waals surface area contributed by atoms with Crippen LogP contribution in [-0.4, -0.2) is 26.6 Å². The normalized spacial score (nSPS) is 10.4. The van der Waals surface area contributed by atoms with E-state index in [0.29, 0.717) is 17.0 Å². The van der Waals surface area contributed by atoms with Gasteiger partial charge in [0.2, 0.25) is 0 Å². The third-order valence-electron chi connectivity index (χ3n) is 2.71. The van der Waals surface area contributed by atoms with Crippen molar-refractivity contribution in [1.29, 1.82) is 0 Å². The minimum absolute atomic E-state index is 0.179. The Bertz CT molecular complexity index is 687. The molecule has 0 aliphatic carbocycles. The molecule has 8 heteroatoms. The van der Waals surface area contributed by atoms with Gasteiger partial charge in [-0.2, -0.15) is 0 Å². The second-order valence-corrected chi connectivity index (χ2v) is 5.01. The highest BCUT2D eigenvalue weighted by Gasteiger charge is 2.17. The van der Waals surface area contributed by atoms with E-state index in [1.165, 1.54) is 6.07 Å². The van der Waals surface area contributed by atoms with E-state index in [4.69, 9.17) is 5.11 Å². The van der Waals surface area contributed by atoms with Gasteiger partial charge in [-0.25, -0.2) is 9.18 Å². The number of halogens is 1. The molecule has 0 atom stereocenters. The van der Waals surface area contributed by atoms with E-state index < -0.39 is 23.3 Å². The monoisotopic (exact) mass is 309 g/mol. The molecule has 2 aromatic rings. The van der Waals surface area contributed by atoms with Crippen molar-refractivity contribution in [3.8, 4) is 0 Å². The molecule has 0 radical (unpaired) electrons. The van der Waals surface area contributed by atoms with Gasteiger partial charge in [0.15, 0.2) is 0 Å². The highest BCUT2D eigenvalue weighted by molar-refractivity contribution is 7.08. The lowest BCUT2D eigenvalue weighted by atomic mass is 10.2. The number of hydrogen-bond acceptors (Lipinski definition) is 5. The number of anilines is 1. The van der Waals surface area contributed by atoms with Gasteiger partial charge in [0.25, 0.3) is 5.91 Å². The molecule has 2 N–H and O–H groups in total. The number of rotatable bonds is 5. The maximum atomic E-state index is 13.5. The number of aromatic carboxylic acids is 1. The summed E-state index contributed by atoms with van der Waals surface area (Å²) in [6, 6.07) is 3.40. The molecule has 1 aromatic carbocycles. The van der Waals surface area contributed by atoms with Crippen LogP contribution < -0.4 is 5.32 Å². The first-order valence-electron chi connectivity index (χ1n) is 6.18.